The van der Waals surface area contributed by atoms with Gasteiger partial charge in [-0.15, -0.1) is 0 Å². The van der Waals surface area contributed by atoms with Crippen LogP contribution in [-0.2, 0) is 14.3 Å². The van der Waals surface area contributed by atoms with Crippen LogP contribution in [0.5, 0.6) is 0 Å². The minimum Gasteiger partial charge on any atom is -0.465 e. The van der Waals surface area contributed by atoms with Crippen molar-refractivity contribution in [3.05, 3.63) is 52.4 Å². The van der Waals surface area contributed by atoms with Crippen LogP contribution < -0.4 is 10.2 Å². The van der Waals surface area contributed by atoms with E-state index in [4.69, 9.17) is 21.4 Å². The molecule has 0 bridgehead atoms. The molecule has 1 fully saturated rings. The van der Waals surface area contributed by atoms with Gasteiger partial charge in [-0.3, -0.25) is 14.5 Å². The Morgan fingerprint density at radius 1 is 1.11 bits per heavy atom. The summed E-state index contributed by atoms with van der Waals surface area (Å²) in [5, 5.41) is 21.9. The Kier molecular flexibility index (Phi) is 12.6. The predicted octanol–water partition coefficient (Wildman–Crippen LogP) is 2.56. The second kappa shape index (κ2) is 16.3. The number of hydrogen-bond donors (Lipinski definition) is 3. The largest absolute Gasteiger partial charge is 0.465 e. The second-order valence-electron chi connectivity index (χ2n) is 12.3. The fourth-order valence-corrected chi connectivity index (χ4v) is 6.16. The number of carbonyl (C=O) groups is 3. The third-order valence-corrected chi connectivity index (χ3v) is 9.04. The topological polar surface area (TPSA) is 152 Å². The number of anilines is 1. The third-order valence-electron chi connectivity index (χ3n) is 8.78. The van der Waals surface area contributed by atoms with E-state index in [0.29, 0.717) is 63.0 Å². The maximum absolute atomic E-state index is 14.2. The summed E-state index contributed by atoms with van der Waals surface area (Å²) in [5.41, 5.74) is 2.60. The van der Waals surface area contributed by atoms with Crippen molar-refractivity contribution >= 4 is 35.3 Å². The van der Waals surface area contributed by atoms with Crippen molar-refractivity contribution in [3.63, 3.8) is 0 Å². The van der Waals surface area contributed by atoms with Crippen molar-refractivity contribution in [2.45, 2.75) is 51.2 Å². The number of carboxylic acid groups (broad SMARTS) is 1. The standard InChI is InChI=1S/C32H46ClN7O6/c1-21(2)40(11-10-37(4)27(42)19-46-16-9-34-32(44)45)18-25(23-5-7-24(33)8-6-23)31(43)39-14-12-38(13-15-39)30-28-22(3)17-26(41)29(28)35-20-36-30/h5-8,20-22,25-26,34,41H,9-19H2,1-4H3,(H,44,45)/t22-,25?,26-/m1/s1. The number of piperazine rings is 1. The van der Waals surface area contributed by atoms with Gasteiger partial charge in [0, 0.05) is 76.0 Å². The van der Waals surface area contributed by atoms with E-state index in [1.807, 2.05) is 17.0 Å². The summed E-state index contributed by atoms with van der Waals surface area (Å²) < 4.78 is 5.31. The summed E-state index contributed by atoms with van der Waals surface area (Å²) in [6.07, 6.45) is 0.443. The summed E-state index contributed by atoms with van der Waals surface area (Å²) >= 11 is 6.20. The molecule has 1 aromatic carbocycles. The fraction of sp³-hybridized carbons (Fsp3) is 0.594. The molecule has 1 unspecified atom stereocenters. The smallest absolute Gasteiger partial charge is 0.404 e. The first kappa shape index (κ1) is 35.3. The van der Waals surface area contributed by atoms with Gasteiger partial charge < -0.3 is 35.0 Å². The SMILES string of the molecule is CC(C)N(CCN(C)C(=O)COCCNC(=O)O)CC(C(=O)N1CCN(c2ncnc3c2[C@H](C)C[C@H]3O)CC1)c1ccc(Cl)cc1. The number of likely N-dealkylation sites (N-methyl/N-ethyl adjacent to an activating group) is 1. The Morgan fingerprint density at radius 2 is 1.80 bits per heavy atom. The van der Waals surface area contributed by atoms with Crippen LogP contribution in [0.2, 0.25) is 5.02 Å². The average Bonchev–Trinajstić information content (AvgIpc) is 3.33. The summed E-state index contributed by atoms with van der Waals surface area (Å²) in [6.45, 7) is 10.1. The van der Waals surface area contributed by atoms with Crippen molar-refractivity contribution in [2.24, 2.45) is 0 Å². The molecule has 4 rings (SSSR count). The number of benzene rings is 1. The molecule has 0 spiro atoms. The van der Waals surface area contributed by atoms with Crippen LogP contribution in [0.1, 0.15) is 62.0 Å². The zero-order chi connectivity index (χ0) is 33.4. The van der Waals surface area contributed by atoms with Crippen LogP contribution in [0.3, 0.4) is 0 Å². The van der Waals surface area contributed by atoms with Crippen molar-refractivity contribution in [2.75, 3.05) is 77.5 Å². The molecular formula is C32H46ClN7O6. The van der Waals surface area contributed by atoms with E-state index in [1.165, 1.54) is 6.33 Å². The number of nitrogens with zero attached hydrogens (tertiary/aromatic N) is 6. The molecule has 3 N–H and O–H groups in total. The number of fused-ring (bicyclic) bond motifs is 1. The molecule has 252 valence electrons. The van der Waals surface area contributed by atoms with E-state index < -0.39 is 18.1 Å². The van der Waals surface area contributed by atoms with Gasteiger partial charge in [-0.25, -0.2) is 14.8 Å². The van der Waals surface area contributed by atoms with Gasteiger partial charge in [-0.1, -0.05) is 30.7 Å². The highest BCUT2D eigenvalue weighted by molar-refractivity contribution is 6.30. The van der Waals surface area contributed by atoms with E-state index >= 15 is 0 Å². The summed E-state index contributed by atoms with van der Waals surface area (Å²) in [7, 11) is 1.70. The molecule has 1 aliphatic heterocycles. The molecule has 2 heterocycles. The van der Waals surface area contributed by atoms with Crippen LogP contribution in [0.25, 0.3) is 0 Å². The van der Waals surface area contributed by atoms with Gasteiger partial charge in [0.05, 0.1) is 24.3 Å². The number of aromatic nitrogens is 2. The van der Waals surface area contributed by atoms with E-state index in [-0.39, 0.29) is 43.5 Å². The molecule has 1 aromatic heterocycles. The highest BCUT2D eigenvalue weighted by atomic mass is 35.5. The number of rotatable bonds is 14. The molecule has 2 aliphatic rings. The normalized spacial score (nSPS) is 18.5. The first-order chi connectivity index (χ1) is 22.0. The minimum absolute atomic E-state index is 0.0390. The predicted molar refractivity (Wildman–Crippen MR) is 174 cm³/mol. The zero-order valence-corrected chi connectivity index (χ0v) is 27.8. The number of aliphatic hydroxyl groups is 1. The average molecular weight is 660 g/mol. The Labute approximate surface area is 275 Å². The first-order valence-corrected chi connectivity index (χ1v) is 16.2. The number of hydrogen-bond acceptors (Lipinski definition) is 9. The van der Waals surface area contributed by atoms with Crippen molar-refractivity contribution < 1.29 is 29.3 Å². The monoisotopic (exact) mass is 659 g/mol. The highest BCUT2D eigenvalue weighted by Crippen LogP contribution is 2.42. The lowest BCUT2D eigenvalue weighted by atomic mass is 9.95. The van der Waals surface area contributed by atoms with Gasteiger partial charge in [0.25, 0.3) is 0 Å². The van der Waals surface area contributed by atoms with Crippen LogP contribution in [0.15, 0.2) is 30.6 Å². The number of aliphatic hydroxyl groups excluding tert-OH is 1. The Bertz CT molecular complexity index is 1340. The Balaban J connectivity index is 1.39. The first-order valence-electron chi connectivity index (χ1n) is 15.8. The van der Waals surface area contributed by atoms with Gasteiger partial charge in [0.15, 0.2) is 0 Å². The lowest BCUT2D eigenvalue weighted by Gasteiger charge is -2.39. The zero-order valence-electron chi connectivity index (χ0n) is 27.1. The van der Waals surface area contributed by atoms with E-state index in [2.05, 4.69) is 45.9 Å². The fourth-order valence-electron chi connectivity index (χ4n) is 6.03. The molecule has 14 heteroatoms. The molecule has 2 aromatic rings. The van der Waals surface area contributed by atoms with Gasteiger partial charge in [-0.2, -0.15) is 0 Å². The van der Waals surface area contributed by atoms with Crippen LogP contribution in [0, 0.1) is 0 Å². The minimum atomic E-state index is -1.14. The third kappa shape index (κ3) is 9.05. The van der Waals surface area contributed by atoms with Crippen molar-refractivity contribution in [3.8, 4) is 0 Å². The molecule has 1 aliphatic carbocycles. The summed E-state index contributed by atoms with van der Waals surface area (Å²) in [5.74, 6) is 0.413. The maximum Gasteiger partial charge on any atom is 0.404 e. The lowest BCUT2D eigenvalue weighted by Crippen LogP contribution is -2.52. The van der Waals surface area contributed by atoms with Crippen molar-refractivity contribution in [1.29, 1.82) is 0 Å². The van der Waals surface area contributed by atoms with Gasteiger partial charge in [-0.05, 0) is 43.9 Å². The van der Waals surface area contributed by atoms with E-state index in [9.17, 15) is 19.5 Å². The molecule has 0 saturated carbocycles. The quantitative estimate of drug-likeness (QED) is 0.258. The van der Waals surface area contributed by atoms with Gasteiger partial charge in [0.1, 0.15) is 18.8 Å². The highest BCUT2D eigenvalue weighted by Gasteiger charge is 2.35. The Morgan fingerprint density at radius 3 is 2.46 bits per heavy atom. The molecule has 3 atom stereocenters. The lowest BCUT2D eigenvalue weighted by molar-refractivity contribution is -0.136. The molecule has 13 nitrogen and oxygen atoms in total. The van der Waals surface area contributed by atoms with E-state index in [0.717, 1.165) is 16.9 Å². The Hall–Kier alpha value is -3.52. The van der Waals surface area contributed by atoms with Gasteiger partial charge in [0.2, 0.25) is 11.8 Å². The summed E-state index contributed by atoms with van der Waals surface area (Å²) in [4.78, 5) is 54.1. The number of nitrogens with one attached hydrogen (secondary N) is 1. The number of carbonyl (C=O) groups excluding carboxylic acids is 2. The van der Waals surface area contributed by atoms with E-state index in [1.54, 1.807) is 24.1 Å². The molecular weight excluding hydrogens is 614 g/mol. The second-order valence-corrected chi connectivity index (χ2v) is 12.7. The van der Waals surface area contributed by atoms with Crippen LogP contribution in [-0.4, -0.2) is 131 Å². The van der Waals surface area contributed by atoms with Crippen LogP contribution in [0.4, 0.5) is 10.6 Å². The molecule has 0 radical (unpaired) electrons. The number of ether oxygens (including phenoxy) is 1. The summed E-state index contributed by atoms with van der Waals surface area (Å²) in [6, 6.07) is 7.53. The van der Waals surface area contributed by atoms with Gasteiger partial charge >= 0.3 is 6.09 Å². The van der Waals surface area contributed by atoms with Crippen LogP contribution >= 0.6 is 11.6 Å². The van der Waals surface area contributed by atoms with Crippen molar-refractivity contribution in [1.82, 2.24) is 30.0 Å². The maximum atomic E-state index is 14.2. The molecule has 3 amide bonds. The molecule has 1 saturated heterocycles. The number of halogens is 1. The number of amides is 3. The molecule has 46 heavy (non-hydrogen) atoms.